The minimum atomic E-state index is -3.23. The van der Waals surface area contributed by atoms with E-state index in [9.17, 15) is 18.3 Å². The largest absolute Gasteiger partial charge is 0.465 e. The molecule has 2 aliphatic heterocycles. The standard InChI is InChI=1S/C22H30N6O4S/c1-22(5-6-22)19-10-15(3-8-28(19)21(29)30)9-17-13-26(14-24-17)20-23-11-16-12-27(33(2,31)32)7-4-18(16)25-20/h11,13-15,19H,3-10,12H2,1-2H3,(H,29,30). The third kappa shape index (κ3) is 4.48. The van der Waals surface area contributed by atoms with Crippen LogP contribution in [-0.4, -0.2) is 73.7 Å². The van der Waals surface area contributed by atoms with Crippen LogP contribution in [0.15, 0.2) is 18.7 Å². The Kier molecular flexibility index (Phi) is 5.43. The zero-order valence-electron chi connectivity index (χ0n) is 19.0. The van der Waals surface area contributed by atoms with Crippen molar-refractivity contribution >= 4 is 16.1 Å². The average molecular weight is 475 g/mol. The molecule has 2 atom stereocenters. The van der Waals surface area contributed by atoms with Crippen LogP contribution in [0.4, 0.5) is 4.79 Å². The van der Waals surface area contributed by atoms with Crippen LogP contribution in [0.25, 0.3) is 5.95 Å². The van der Waals surface area contributed by atoms with E-state index in [-0.39, 0.29) is 11.5 Å². The quantitative estimate of drug-likeness (QED) is 0.704. The van der Waals surface area contributed by atoms with Gasteiger partial charge < -0.3 is 10.0 Å². The van der Waals surface area contributed by atoms with Crippen molar-refractivity contribution in [3.05, 3.63) is 35.7 Å². The van der Waals surface area contributed by atoms with E-state index >= 15 is 0 Å². The Balaban J connectivity index is 1.27. The van der Waals surface area contributed by atoms with E-state index in [0.29, 0.717) is 37.9 Å². The van der Waals surface area contributed by atoms with Crippen LogP contribution in [0.5, 0.6) is 0 Å². The highest BCUT2D eigenvalue weighted by atomic mass is 32.2. The number of carbonyl (C=O) groups is 1. The second-order valence-electron chi connectivity index (χ2n) is 10.0. The van der Waals surface area contributed by atoms with Gasteiger partial charge in [-0.2, -0.15) is 4.31 Å². The fourth-order valence-electron chi connectivity index (χ4n) is 5.21. The van der Waals surface area contributed by atoms with Crippen LogP contribution in [0.3, 0.4) is 0 Å². The molecule has 10 nitrogen and oxygen atoms in total. The van der Waals surface area contributed by atoms with Gasteiger partial charge in [0.25, 0.3) is 0 Å². The molecule has 0 bridgehead atoms. The molecule has 5 rings (SSSR count). The first-order valence-electron chi connectivity index (χ1n) is 11.4. The number of rotatable bonds is 5. The Morgan fingerprint density at radius 1 is 1.27 bits per heavy atom. The molecule has 4 heterocycles. The van der Waals surface area contributed by atoms with E-state index in [1.807, 2.05) is 10.8 Å². The van der Waals surface area contributed by atoms with Gasteiger partial charge in [0.05, 0.1) is 17.6 Å². The summed E-state index contributed by atoms with van der Waals surface area (Å²) in [5.74, 6) is 0.933. The van der Waals surface area contributed by atoms with Crippen molar-refractivity contribution in [2.24, 2.45) is 11.3 Å². The molecule has 1 amide bonds. The molecule has 1 saturated carbocycles. The number of hydrogen-bond donors (Lipinski definition) is 1. The first-order chi connectivity index (χ1) is 15.6. The lowest BCUT2D eigenvalue weighted by molar-refractivity contribution is 0.0607. The predicted molar refractivity (Wildman–Crippen MR) is 120 cm³/mol. The SMILES string of the molecule is CC1(C2CC(Cc3cn(-c4ncc5c(n4)CCN(S(C)(=O)=O)C5)cn3)CCN2C(=O)O)CC1. The lowest BCUT2D eigenvalue weighted by Gasteiger charge is -2.41. The van der Waals surface area contributed by atoms with Crippen LogP contribution >= 0.6 is 0 Å². The number of aromatic nitrogens is 4. The van der Waals surface area contributed by atoms with Crippen molar-refractivity contribution in [3.8, 4) is 5.95 Å². The number of piperidine rings is 1. The Morgan fingerprint density at radius 2 is 2.06 bits per heavy atom. The van der Waals surface area contributed by atoms with Gasteiger partial charge in [-0.3, -0.25) is 4.57 Å². The van der Waals surface area contributed by atoms with Crippen molar-refractivity contribution in [1.82, 2.24) is 28.7 Å². The van der Waals surface area contributed by atoms with E-state index in [1.165, 1.54) is 10.6 Å². The molecule has 1 saturated heterocycles. The third-order valence-corrected chi connectivity index (χ3v) is 8.77. The molecule has 1 N–H and O–H groups in total. The highest BCUT2D eigenvalue weighted by Crippen LogP contribution is 2.53. The van der Waals surface area contributed by atoms with Crippen molar-refractivity contribution < 1.29 is 18.3 Å². The minimum absolute atomic E-state index is 0.0892. The summed E-state index contributed by atoms with van der Waals surface area (Å²) in [6.07, 6.45) is 11.1. The maximum absolute atomic E-state index is 11.8. The summed E-state index contributed by atoms with van der Waals surface area (Å²) in [7, 11) is -3.23. The molecule has 0 spiro atoms. The molecular weight excluding hydrogens is 444 g/mol. The van der Waals surface area contributed by atoms with Crippen molar-refractivity contribution in [2.75, 3.05) is 19.3 Å². The van der Waals surface area contributed by atoms with Crippen LogP contribution < -0.4 is 0 Å². The summed E-state index contributed by atoms with van der Waals surface area (Å²) >= 11 is 0. The molecule has 2 aromatic rings. The Bertz CT molecular complexity index is 1180. The van der Waals surface area contributed by atoms with Gasteiger partial charge in [0, 0.05) is 50.1 Å². The number of fused-ring (bicyclic) bond motifs is 1. The summed E-state index contributed by atoms with van der Waals surface area (Å²) < 4.78 is 26.9. The van der Waals surface area contributed by atoms with Crippen LogP contribution in [0, 0.1) is 11.3 Å². The van der Waals surface area contributed by atoms with Gasteiger partial charge in [-0.15, -0.1) is 0 Å². The molecule has 1 aliphatic carbocycles. The van der Waals surface area contributed by atoms with Gasteiger partial charge in [0.2, 0.25) is 16.0 Å². The molecule has 2 aromatic heterocycles. The molecule has 33 heavy (non-hydrogen) atoms. The highest BCUT2D eigenvalue weighted by Gasteiger charge is 2.50. The Morgan fingerprint density at radius 3 is 2.76 bits per heavy atom. The van der Waals surface area contributed by atoms with Crippen LogP contribution in [0.2, 0.25) is 0 Å². The summed E-state index contributed by atoms with van der Waals surface area (Å²) in [5.41, 5.74) is 2.78. The third-order valence-electron chi connectivity index (χ3n) is 7.52. The second kappa shape index (κ2) is 8.05. The zero-order chi connectivity index (χ0) is 23.4. The maximum atomic E-state index is 11.8. The number of likely N-dealkylation sites (tertiary alicyclic amines) is 1. The fraction of sp³-hybridized carbons (Fsp3) is 0.636. The summed E-state index contributed by atoms with van der Waals surface area (Å²) in [6, 6.07) is 0.0892. The van der Waals surface area contributed by atoms with E-state index in [0.717, 1.165) is 49.1 Å². The van der Waals surface area contributed by atoms with Crippen molar-refractivity contribution in [3.63, 3.8) is 0 Å². The zero-order valence-corrected chi connectivity index (χ0v) is 19.8. The van der Waals surface area contributed by atoms with Gasteiger partial charge in [0.15, 0.2) is 0 Å². The summed E-state index contributed by atoms with van der Waals surface area (Å²) in [4.78, 5) is 27.0. The first-order valence-corrected chi connectivity index (χ1v) is 13.3. The topological polar surface area (TPSA) is 122 Å². The molecule has 178 valence electrons. The minimum Gasteiger partial charge on any atom is -0.465 e. The Hall–Kier alpha value is -2.53. The van der Waals surface area contributed by atoms with Gasteiger partial charge in [-0.1, -0.05) is 6.92 Å². The first kappa shape index (κ1) is 22.3. The van der Waals surface area contributed by atoms with Gasteiger partial charge >= 0.3 is 6.09 Å². The van der Waals surface area contributed by atoms with Gasteiger partial charge in [0.1, 0.15) is 6.33 Å². The van der Waals surface area contributed by atoms with Crippen LogP contribution in [-0.2, 0) is 29.4 Å². The molecule has 3 aliphatic rings. The number of amides is 1. The number of imidazole rings is 1. The highest BCUT2D eigenvalue weighted by molar-refractivity contribution is 7.88. The monoisotopic (exact) mass is 474 g/mol. The average Bonchev–Trinajstić information content (AvgIpc) is 3.36. The maximum Gasteiger partial charge on any atom is 0.407 e. The Labute approximate surface area is 193 Å². The summed E-state index contributed by atoms with van der Waals surface area (Å²) in [6.45, 7) is 3.51. The molecule has 11 heteroatoms. The molecule has 0 aromatic carbocycles. The number of sulfonamides is 1. The number of nitrogens with zero attached hydrogens (tertiary/aromatic N) is 6. The lowest BCUT2D eigenvalue weighted by atomic mass is 9.81. The van der Waals surface area contributed by atoms with E-state index in [1.54, 1.807) is 17.4 Å². The predicted octanol–water partition coefficient (Wildman–Crippen LogP) is 2.08. The fourth-order valence-corrected chi connectivity index (χ4v) is 6.00. The number of hydrogen-bond acceptors (Lipinski definition) is 6. The number of carboxylic acid groups (broad SMARTS) is 1. The smallest absolute Gasteiger partial charge is 0.407 e. The van der Waals surface area contributed by atoms with Crippen molar-refractivity contribution in [2.45, 2.75) is 58.0 Å². The van der Waals surface area contributed by atoms with E-state index in [4.69, 9.17) is 0 Å². The second-order valence-corrected chi connectivity index (χ2v) is 12.0. The van der Waals surface area contributed by atoms with Gasteiger partial charge in [-0.25, -0.2) is 28.2 Å². The van der Waals surface area contributed by atoms with Gasteiger partial charge in [-0.05, 0) is 43.4 Å². The normalized spacial score (nSPS) is 25.0. The molecule has 2 fully saturated rings. The summed E-state index contributed by atoms with van der Waals surface area (Å²) in [5, 5.41) is 9.61. The van der Waals surface area contributed by atoms with Crippen LogP contribution in [0.1, 0.15) is 49.6 Å². The van der Waals surface area contributed by atoms with Crippen molar-refractivity contribution in [1.29, 1.82) is 0 Å². The molecular formula is C22H30N6O4S. The molecule has 2 unspecified atom stereocenters. The molecule has 0 radical (unpaired) electrons. The lowest BCUT2D eigenvalue weighted by Crippen LogP contribution is -2.49. The van der Waals surface area contributed by atoms with E-state index in [2.05, 4.69) is 21.9 Å². The van der Waals surface area contributed by atoms with E-state index < -0.39 is 16.1 Å².